The third kappa shape index (κ3) is 4.06. The molecule has 2 heterocycles. The molecule has 0 unspecified atom stereocenters. The van der Waals surface area contributed by atoms with E-state index in [4.69, 9.17) is 4.74 Å². The average Bonchev–Trinajstić information content (AvgIpc) is 3.03. The van der Waals surface area contributed by atoms with Crippen LogP contribution < -0.4 is 0 Å². The van der Waals surface area contributed by atoms with Gasteiger partial charge in [0.15, 0.2) is 5.82 Å². The maximum absolute atomic E-state index is 11.9. The number of ether oxygens (including phenoxy) is 1. The standard InChI is InChI=1S/C18H18N4O2S/c1-3-24-18(23)15-11-19-22(13(15)2)16-9-10-17(21-20-16)25-12-14-7-5-4-6-8-14/h4-11H,3,12H2,1-2H3. The molecular weight excluding hydrogens is 336 g/mol. The fourth-order valence-corrected chi connectivity index (χ4v) is 3.05. The molecule has 0 N–H and O–H groups in total. The molecule has 0 spiro atoms. The molecule has 128 valence electrons. The number of esters is 1. The quantitative estimate of drug-likeness (QED) is 0.499. The van der Waals surface area contributed by atoms with E-state index in [1.54, 1.807) is 30.3 Å². The Morgan fingerprint density at radius 2 is 1.96 bits per heavy atom. The van der Waals surface area contributed by atoms with Crippen LogP contribution in [0.4, 0.5) is 0 Å². The Labute approximate surface area is 150 Å². The van der Waals surface area contributed by atoms with Gasteiger partial charge >= 0.3 is 5.97 Å². The van der Waals surface area contributed by atoms with Crippen LogP contribution in [0.2, 0.25) is 0 Å². The van der Waals surface area contributed by atoms with E-state index in [-0.39, 0.29) is 5.97 Å². The van der Waals surface area contributed by atoms with Crippen LogP contribution in [-0.2, 0) is 10.5 Å². The lowest BCUT2D eigenvalue weighted by molar-refractivity contribution is 0.0525. The molecule has 2 aromatic heterocycles. The van der Waals surface area contributed by atoms with E-state index in [0.29, 0.717) is 23.7 Å². The van der Waals surface area contributed by atoms with Gasteiger partial charge in [-0.05, 0) is 31.5 Å². The highest BCUT2D eigenvalue weighted by Crippen LogP contribution is 2.21. The van der Waals surface area contributed by atoms with E-state index in [0.717, 1.165) is 10.8 Å². The van der Waals surface area contributed by atoms with Crippen LogP contribution in [0.1, 0.15) is 28.5 Å². The number of nitrogens with zero attached hydrogens (tertiary/aromatic N) is 4. The van der Waals surface area contributed by atoms with Crippen LogP contribution in [0.3, 0.4) is 0 Å². The summed E-state index contributed by atoms with van der Waals surface area (Å²) in [4.78, 5) is 11.9. The van der Waals surface area contributed by atoms with Crippen LogP contribution in [0, 0.1) is 6.92 Å². The van der Waals surface area contributed by atoms with Gasteiger partial charge < -0.3 is 4.74 Å². The predicted octanol–water partition coefficient (Wildman–Crippen LogP) is 3.44. The predicted molar refractivity (Wildman–Crippen MR) is 95.9 cm³/mol. The molecule has 3 rings (SSSR count). The molecule has 0 atom stereocenters. The number of rotatable bonds is 6. The van der Waals surface area contributed by atoms with Gasteiger partial charge in [0.2, 0.25) is 0 Å². The molecule has 0 aliphatic rings. The highest BCUT2D eigenvalue weighted by molar-refractivity contribution is 7.98. The number of aromatic nitrogens is 4. The zero-order chi connectivity index (χ0) is 17.6. The first-order valence-corrected chi connectivity index (χ1v) is 8.90. The summed E-state index contributed by atoms with van der Waals surface area (Å²) in [5, 5.41) is 13.5. The molecule has 0 aliphatic heterocycles. The fourth-order valence-electron chi connectivity index (χ4n) is 2.28. The highest BCUT2D eigenvalue weighted by atomic mass is 32.2. The van der Waals surface area contributed by atoms with Crippen molar-refractivity contribution < 1.29 is 9.53 Å². The molecule has 0 amide bonds. The number of benzene rings is 1. The van der Waals surface area contributed by atoms with Gasteiger partial charge in [-0.3, -0.25) is 0 Å². The molecule has 25 heavy (non-hydrogen) atoms. The fraction of sp³-hybridized carbons (Fsp3) is 0.222. The van der Waals surface area contributed by atoms with E-state index in [1.807, 2.05) is 30.3 Å². The first kappa shape index (κ1) is 17.2. The van der Waals surface area contributed by atoms with Crippen molar-refractivity contribution in [2.24, 2.45) is 0 Å². The summed E-state index contributed by atoms with van der Waals surface area (Å²) in [6.45, 7) is 3.91. The van der Waals surface area contributed by atoms with Crippen LogP contribution in [0.15, 0.2) is 53.7 Å². The molecular formula is C18H18N4O2S. The minimum absolute atomic E-state index is 0.330. The zero-order valence-corrected chi connectivity index (χ0v) is 14.9. The summed E-state index contributed by atoms with van der Waals surface area (Å²) in [5.74, 6) is 1.02. The Kier molecular flexibility index (Phi) is 5.45. The molecule has 0 aliphatic carbocycles. The van der Waals surface area contributed by atoms with Gasteiger partial charge in [0.05, 0.1) is 18.5 Å². The smallest absolute Gasteiger partial charge is 0.341 e. The summed E-state index contributed by atoms with van der Waals surface area (Å²) in [5.41, 5.74) is 2.35. The van der Waals surface area contributed by atoms with Crippen LogP contribution in [-0.4, -0.2) is 32.6 Å². The molecule has 7 heteroatoms. The minimum Gasteiger partial charge on any atom is -0.462 e. The van der Waals surface area contributed by atoms with Crippen LogP contribution in [0.25, 0.3) is 5.82 Å². The van der Waals surface area contributed by atoms with Gasteiger partial charge in [0, 0.05) is 5.75 Å². The number of carbonyl (C=O) groups excluding carboxylic acids is 1. The summed E-state index contributed by atoms with van der Waals surface area (Å²) < 4.78 is 6.61. The lowest BCUT2D eigenvalue weighted by Gasteiger charge is -2.05. The normalized spacial score (nSPS) is 10.6. The Morgan fingerprint density at radius 3 is 2.64 bits per heavy atom. The van der Waals surface area contributed by atoms with Crippen molar-refractivity contribution in [3.63, 3.8) is 0 Å². The van der Waals surface area contributed by atoms with Crippen molar-refractivity contribution in [2.75, 3.05) is 6.61 Å². The topological polar surface area (TPSA) is 69.9 Å². The minimum atomic E-state index is -0.380. The van der Waals surface area contributed by atoms with Crippen molar-refractivity contribution in [2.45, 2.75) is 24.6 Å². The monoisotopic (exact) mass is 354 g/mol. The van der Waals surface area contributed by atoms with E-state index in [2.05, 4.69) is 27.4 Å². The maximum Gasteiger partial charge on any atom is 0.341 e. The van der Waals surface area contributed by atoms with E-state index in [9.17, 15) is 4.79 Å². The summed E-state index contributed by atoms with van der Waals surface area (Å²) in [7, 11) is 0. The Balaban J connectivity index is 1.71. The first-order chi connectivity index (χ1) is 12.2. The van der Waals surface area contributed by atoms with Crippen molar-refractivity contribution in [3.05, 3.63) is 65.5 Å². The van der Waals surface area contributed by atoms with Crippen molar-refractivity contribution >= 4 is 17.7 Å². The van der Waals surface area contributed by atoms with Crippen molar-refractivity contribution in [1.29, 1.82) is 0 Å². The van der Waals surface area contributed by atoms with E-state index in [1.165, 1.54) is 11.8 Å². The largest absolute Gasteiger partial charge is 0.462 e. The number of hydrogen-bond donors (Lipinski definition) is 0. The second kappa shape index (κ2) is 7.94. The van der Waals surface area contributed by atoms with Gasteiger partial charge in [0.1, 0.15) is 10.6 Å². The second-order valence-electron chi connectivity index (χ2n) is 5.28. The number of thioether (sulfide) groups is 1. The summed E-state index contributed by atoms with van der Waals surface area (Å²) in [6, 6.07) is 14.0. The molecule has 0 saturated carbocycles. The Bertz CT molecular complexity index is 847. The lowest BCUT2D eigenvalue weighted by Crippen LogP contribution is -2.08. The van der Waals surface area contributed by atoms with E-state index >= 15 is 0 Å². The van der Waals surface area contributed by atoms with Crippen molar-refractivity contribution in [1.82, 2.24) is 20.0 Å². The molecule has 6 nitrogen and oxygen atoms in total. The van der Waals surface area contributed by atoms with Crippen molar-refractivity contribution in [3.8, 4) is 5.82 Å². The van der Waals surface area contributed by atoms with Crippen LogP contribution in [0.5, 0.6) is 0 Å². The zero-order valence-electron chi connectivity index (χ0n) is 14.0. The number of hydrogen-bond acceptors (Lipinski definition) is 6. The second-order valence-corrected chi connectivity index (χ2v) is 6.28. The van der Waals surface area contributed by atoms with Gasteiger partial charge in [-0.25, -0.2) is 9.48 Å². The maximum atomic E-state index is 11.9. The van der Waals surface area contributed by atoms with Crippen LogP contribution >= 0.6 is 11.8 Å². The number of carbonyl (C=O) groups is 1. The molecule has 0 bridgehead atoms. The Morgan fingerprint density at radius 1 is 1.16 bits per heavy atom. The molecule has 0 fully saturated rings. The first-order valence-electron chi connectivity index (χ1n) is 7.91. The van der Waals surface area contributed by atoms with Gasteiger partial charge in [-0.2, -0.15) is 5.10 Å². The van der Waals surface area contributed by atoms with Gasteiger partial charge in [0.25, 0.3) is 0 Å². The average molecular weight is 354 g/mol. The van der Waals surface area contributed by atoms with Gasteiger partial charge in [-0.15, -0.1) is 10.2 Å². The molecule has 3 aromatic rings. The SMILES string of the molecule is CCOC(=O)c1cnn(-c2ccc(SCc3ccccc3)nn2)c1C. The lowest BCUT2D eigenvalue weighted by atomic mass is 10.2. The molecule has 0 radical (unpaired) electrons. The highest BCUT2D eigenvalue weighted by Gasteiger charge is 2.16. The van der Waals surface area contributed by atoms with E-state index < -0.39 is 0 Å². The van der Waals surface area contributed by atoms with Gasteiger partial charge in [-0.1, -0.05) is 42.1 Å². The molecule has 0 saturated heterocycles. The third-order valence-electron chi connectivity index (χ3n) is 3.58. The molecule has 1 aromatic carbocycles. The third-order valence-corrected chi connectivity index (χ3v) is 4.57. The Hall–Kier alpha value is -2.67. The summed E-state index contributed by atoms with van der Waals surface area (Å²) >= 11 is 1.62. The summed E-state index contributed by atoms with van der Waals surface area (Å²) in [6.07, 6.45) is 1.49.